The van der Waals surface area contributed by atoms with Crippen LogP contribution >= 0.6 is 0 Å². The zero-order valence-corrected chi connectivity index (χ0v) is 16.5. The average Bonchev–Trinajstić information content (AvgIpc) is 2.65. The summed E-state index contributed by atoms with van der Waals surface area (Å²) in [6.45, 7) is 7.10. The number of anilines is 1. The fraction of sp³-hybridized carbons (Fsp3) is 0.650. The Morgan fingerprint density at radius 3 is 2.77 bits per heavy atom. The van der Waals surface area contributed by atoms with Gasteiger partial charge in [-0.3, -0.25) is 9.59 Å². The zero-order chi connectivity index (χ0) is 19.1. The van der Waals surface area contributed by atoms with Crippen molar-refractivity contribution in [3.05, 3.63) is 23.9 Å². The molecule has 6 heteroatoms. The monoisotopic (exact) mass is 360 g/mol. The topological polar surface area (TPSA) is 65.5 Å². The smallest absolute Gasteiger partial charge is 0.255 e. The van der Waals surface area contributed by atoms with E-state index in [1.807, 2.05) is 36.0 Å². The van der Waals surface area contributed by atoms with Crippen LogP contribution in [0.3, 0.4) is 0 Å². The van der Waals surface area contributed by atoms with Crippen LogP contribution in [-0.4, -0.2) is 61.8 Å². The van der Waals surface area contributed by atoms with Gasteiger partial charge in [0.25, 0.3) is 5.91 Å². The molecule has 1 amide bonds. The van der Waals surface area contributed by atoms with E-state index >= 15 is 0 Å². The number of nitrogens with one attached hydrogen (secondary N) is 1. The van der Waals surface area contributed by atoms with E-state index in [1.165, 1.54) is 0 Å². The fourth-order valence-corrected chi connectivity index (χ4v) is 3.31. The van der Waals surface area contributed by atoms with Crippen LogP contribution in [0.15, 0.2) is 18.3 Å². The first kappa shape index (κ1) is 20.4. The van der Waals surface area contributed by atoms with Crippen molar-refractivity contribution in [1.29, 1.82) is 0 Å². The number of pyridine rings is 1. The second-order valence-electron chi connectivity index (χ2n) is 7.58. The van der Waals surface area contributed by atoms with Gasteiger partial charge in [0.05, 0.1) is 5.56 Å². The number of ketones is 1. The van der Waals surface area contributed by atoms with E-state index in [9.17, 15) is 9.59 Å². The molecular formula is C20H32N4O2. The summed E-state index contributed by atoms with van der Waals surface area (Å²) in [5.41, 5.74) is 0.590. The van der Waals surface area contributed by atoms with Gasteiger partial charge in [-0.2, -0.15) is 0 Å². The lowest BCUT2D eigenvalue weighted by Crippen LogP contribution is -2.42. The first-order chi connectivity index (χ1) is 12.4. The van der Waals surface area contributed by atoms with Gasteiger partial charge >= 0.3 is 0 Å². The highest BCUT2D eigenvalue weighted by Gasteiger charge is 2.29. The maximum atomic E-state index is 12.8. The molecule has 1 aliphatic heterocycles. The predicted octanol–water partition coefficient (Wildman–Crippen LogP) is 2.20. The SMILES string of the molecule is CNCCN(C)c1ccc(C(=O)N2CCC[C@H](C(=O)CC(C)C)C2)cn1. The summed E-state index contributed by atoms with van der Waals surface area (Å²) < 4.78 is 0. The third-order valence-electron chi connectivity index (χ3n) is 4.86. The van der Waals surface area contributed by atoms with Crippen molar-refractivity contribution in [3.8, 4) is 0 Å². The summed E-state index contributed by atoms with van der Waals surface area (Å²) in [7, 11) is 3.90. The van der Waals surface area contributed by atoms with Crippen LogP contribution in [0.4, 0.5) is 5.82 Å². The van der Waals surface area contributed by atoms with Crippen molar-refractivity contribution in [3.63, 3.8) is 0 Å². The number of amides is 1. The molecule has 1 N–H and O–H groups in total. The molecule has 1 saturated heterocycles. The minimum atomic E-state index is -0.0241. The Kier molecular flexibility index (Phi) is 7.57. The standard InChI is InChI=1S/C20H32N4O2/c1-15(2)12-18(25)17-6-5-10-24(14-17)20(26)16-7-8-19(22-13-16)23(4)11-9-21-3/h7-8,13,15,17,21H,5-6,9-12,14H2,1-4H3/t17-/m0/s1. The molecule has 1 atom stereocenters. The molecule has 1 fully saturated rings. The van der Waals surface area contributed by atoms with Gasteiger partial charge in [0.1, 0.15) is 11.6 Å². The number of nitrogens with zero attached hydrogens (tertiary/aromatic N) is 3. The Morgan fingerprint density at radius 2 is 2.15 bits per heavy atom. The molecule has 0 saturated carbocycles. The number of likely N-dealkylation sites (N-methyl/N-ethyl adjacent to an activating group) is 2. The molecule has 1 aromatic heterocycles. The number of hydrogen-bond acceptors (Lipinski definition) is 5. The number of carbonyl (C=O) groups is 2. The first-order valence-corrected chi connectivity index (χ1v) is 9.56. The van der Waals surface area contributed by atoms with Crippen LogP contribution in [0.1, 0.15) is 43.5 Å². The number of Topliss-reactive ketones (excluding diaryl/α,β-unsaturated/α-hetero) is 1. The highest BCUT2D eigenvalue weighted by molar-refractivity contribution is 5.94. The van der Waals surface area contributed by atoms with Crippen LogP contribution in [-0.2, 0) is 4.79 Å². The van der Waals surface area contributed by atoms with Gasteiger partial charge in [-0.25, -0.2) is 4.98 Å². The molecule has 1 aromatic rings. The van der Waals surface area contributed by atoms with E-state index < -0.39 is 0 Å². The summed E-state index contributed by atoms with van der Waals surface area (Å²) in [6.07, 6.45) is 4.02. The molecule has 1 aliphatic rings. The Hall–Kier alpha value is -1.95. The quantitative estimate of drug-likeness (QED) is 0.770. The van der Waals surface area contributed by atoms with E-state index in [0.29, 0.717) is 31.0 Å². The number of piperidine rings is 1. The third kappa shape index (κ3) is 5.53. The van der Waals surface area contributed by atoms with Crippen molar-refractivity contribution in [2.75, 3.05) is 45.2 Å². The van der Waals surface area contributed by atoms with Gasteiger partial charge in [0.15, 0.2) is 0 Å². The van der Waals surface area contributed by atoms with E-state index in [0.717, 1.165) is 31.7 Å². The van der Waals surface area contributed by atoms with Crippen molar-refractivity contribution in [1.82, 2.24) is 15.2 Å². The molecule has 0 unspecified atom stereocenters. The number of likely N-dealkylation sites (tertiary alicyclic amines) is 1. The molecule has 26 heavy (non-hydrogen) atoms. The Balaban J connectivity index is 1.98. The molecule has 0 radical (unpaired) electrons. The Labute approximate surface area is 157 Å². The van der Waals surface area contributed by atoms with Crippen molar-refractivity contribution in [2.45, 2.75) is 33.1 Å². The summed E-state index contributed by atoms with van der Waals surface area (Å²) >= 11 is 0. The molecule has 6 nitrogen and oxygen atoms in total. The third-order valence-corrected chi connectivity index (χ3v) is 4.86. The molecule has 2 rings (SSSR count). The number of hydrogen-bond donors (Lipinski definition) is 1. The maximum Gasteiger partial charge on any atom is 0.255 e. The van der Waals surface area contributed by atoms with E-state index in [4.69, 9.17) is 0 Å². The zero-order valence-electron chi connectivity index (χ0n) is 16.5. The van der Waals surface area contributed by atoms with Crippen LogP contribution in [0.2, 0.25) is 0 Å². The lowest BCUT2D eigenvalue weighted by Gasteiger charge is -2.32. The van der Waals surface area contributed by atoms with E-state index in [1.54, 1.807) is 6.20 Å². The normalized spacial score (nSPS) is 17.4. The predicted molar refractivity (Wildman–Crippen MR) is 105 cm³/mol. The van der Waals surface area contributed by atoms with E-state index in [-0.39, 0.29) is 17.6 Å². The molecule has 2 heterocycles. The van der Waals surface area contributed by atoms with Crippen LogP contribution < -0.4 is 10.2 Å². The molecule has 144 valence electrons. The molecule has 0 aliphatic carbocycles. The minimum Gasteiger partial charge on any atom is -0.358 e. The summed E-state index contributed by atoms with van der Waals surface area (Å²) in [6, 6.07) is 3.72. The average molecular weight is 361 g/mol. The maximum absolute atomic E-state index is 12.8. The molecule has 0 aromatic carbocycles. The minimum absolute atomic E-state index is 0.0185. The van der Waals surface area contributed by atoms with Gasteiger partial charge in [-0.05, 0) is 37.9 Å². The fourth-order valence-electron chi connectivity index (χ4n) is 3.31. The highest BCUT2D eigenvalue weighted by atomic mass is 16.2. The number of aromatic nitrogens is 1. The Bertz CT molecular complexity index is 600. The first-order valence-electron chi connectivity index (χ1n) is 9.56. The summed E-state index contributed by atoms with van der Waals surface area (Å²) in [4.78, 5) is 33.4. The molecular weight excluding hydrogens is 328 g/mol. The second kappa shape index (κ2) is 9.67. The van der Waals surface area contributed by atoms with Crippen LogP contribution in [0.5, 0.6) is 0 Å². The van der Waals surface area contributed by atoms with Crippen LogP contribution in [0, 0.1) is 11.8 Å². The van der Waals surface area contributed by atoms with Gasteiger partial charge in [0.2, 0.25) is 0 Å². The van der Waals surface area contributed by atoms with Crippen LogP contribution in [0.25, 0.3) is 0 Å². The molecule has 0 spiro atoms. The van der Waals surface area contributed by atoms with Crippen molar-refractivity contribution >= 4 is 17.5 Å². The highest BCUT2D eigenvalue weighted by Crippen LogP contribution is 2.22. The van der Waals surface area contributed by atoms with Gasteiger partial charge in [0, 0.05) is 51.8 Å². The van der Waals surface area contributed by atoms with Gasteiger partial charge in [-0.1, -0.05) is 13.8 Å². The van der Waals surface area contributed by atoms with E-state index in [2.05, 4.69) is 24.1 Å². The summed E-state index contributed by atoms with van der Waals surface area (Å²) in [5, 5.41) is 3.11. The Morgan fingerprint density at radius 1 is 1.38 bits per heavy atom. The largest absolute Gasteiger partial charge is 0.358 e. The van der Waals surface area contributed by atoms with Gasteiger partial charge < -0.3 is 15.1 Å². The summed E-state index contributed by atoms with van der Waals surface area (Å²) in [5.74, 6) is 1.46. The molecule has 0 bridgehead atoms. The van der Waals surface area contributed by atoms with Crippen molar-refractivity contribution < 1.29 is 9.59 Å². The number of carbonyl (C=O) groups excluding carboxylic acids is 2. The number of rotatable bonds is 8. The van der Waals surface area contributed by atoms with Gasteiger partial charge in [-0.15, -0.1) is 0 Å². The van der Waals surface area contributed by atoms with Crippen molar-refractivity contribution in [2.24, 2.45) is 11.8 Å². The lowest BCUT2D eigenvalue weighted by atomic mass is 9.89. The lowest BCUT2D eigenvalue weighted by molar-refractivity contribution is -0.124. The second-order valence-corrected chi connectivity index (χ2v) is 7.58.